The van der Waals surface area contributed by atoms with Gasteiger partial charge in [-0.15, -0.1) is 0 Å². The number of aliphatic carboxylic acids is 2. The predicted octanol–water partition coefficient (Wildman–Crippen LogP) is 1.65. The molecule has 27 heteroatoms. The van der Waals surface area contributed by atoms with Crippen LogP contribution in [0.25, 0.3) is 0 Å². The molecule has 3 saturated heterocycles. The number of benzene rings is 2. The molecular weight excluding hydrogens is 1160 g/mol. The summed E-state index contributed by atoms with van der Waals surface area (Å²) in [6, 6.07) is 7.19. The fourth-order valence-corrected chi connectivity index (χ4v) is 13.3. The summed E-state index contributed by atoms with van der Waals surface area (Å²) in [6.45, 7) is 7.72. The van der Waals surface area contributed by atoms with Gasteiger partial charge in [0.2, 0.25) is 29.5 Å². The molecule has 0 saturated carbocycles. The number of aliphatic hydroxyl groups excluding tert-OH is 1. The lowest BCUT2D eigenvalue weighted by atomic mass is 9.88. The van der Waals surface area contributed by atoms with E-state index in [2.05, 4.69) is 36.6 Å². The van der Waals surface area contributed by atoms with Crippen LogP contribution in [0.2, 0.25) is 5.02 Å². The highest BCUT2D eigenvalue weighted by Gasteiger charge is 2.44. The maximum absolute atomic E-state index is 15.1. The Hall–Kier alpha value is -6.42. The number of amides is 5. The third-order valence-corrected chi connectivity index (χ3v) is 17.9. The van der Waals surface area contributed by atoms with E-state index in [9.17, 15) is 63.6 Å². The van der Waals surface area contributed by atoms with Crippen molar-refractivity contribution in [1.82, 2.24) is 51.3 Å². The van der Waals surface area contributed by atoms with Crippen molar-refractivity contribution in [2.45, 2.75) is 115 Å². The summed E-state index contributed by atoms with van der Waals surface area (Å²) in [5, 5.41) is 55.3. The van der Waals surface area contributed by atoms with Crippen LogP contribution in [0.15, 0.2) is 61.1 Å². The quantitative estimate of drug-likeness (QED) is 0.0719. The normalized spacial score (nSPS) is 24.0. The number of Topliss-reactive ketones (excluding diaryl/α,β-unsaturated/α-hetero) is 3. The van der Waals surface area contributed by atoms with Gasteiger partial charge in [-0.2, -0.15) is 0 Å². The lowest BCUT2D eigenvalue weighted by molar-refractivity contribution is -0.142. The third-order valence-electron chi connectivity index (χ3n) is 15.1. The average Bonchev–Trinajstić information content (AvgIpc) is 3.42. The van der Waals surface area contributed by atoms with Crippen LogP contribution < -0.4 is 26.6 Å². The van der Waals surface area contributed by atoms with E-state index in [1.54, 1.807) is 36.1 Å². The summed E-state index contributed by atoms with van der Waals surface area (Å²) in [5.74, 6) is -11.2. The van der Waals surface area contributed by atoms with E-state index in [1.807, 2.05) is 24.8 Å². The summed E-state index contributed by atoms with van der Waals surface area (Å²) in [5.41, 5.74) is 1.59. The summed E-state index contributed by atoms with van der Waals surface area (Å²) in [4.78, 5) is 152. The Morgan fingerprint density at radius 1 is 0.824 bits per heavy atom. The number of fused-ring (bicyclic) bond motifs is 1. The van der Waals surface area contributed by atoms with Crippen LogP contribution in [-0.4, -0.2) is 211 Å². The van der Waals surface area contributed by atoms with E-state index >= 15 is 4.79 Å². The molecule has 1 aromatic heterocycles. The number of aromatic nitrogens is 2. The molecule has 2 aromatic carbocycles. The number of nitrogens with zero attached hydrogens (tertiary/aromatic N) is 4. The number of imidazole rings is 1. The van der Waals surface area contributed by atoms with Gasteiger partial charge < -0.3 is 56.9 Å². The van der Waals surface area contributed by atoms with Crippen LogP contribution in [0.5, 0.6) is 5.75 Å². The van der Waals surface area contributed by atoms with Crippen molar-refractivity contribution in [3.63, 3.8) is 0 Å². The molecule has 3 aromatic rings. The zero-order valence-electron chi connectivity index (χ0n) is 48.0. The molecule has 0 radical (unpaired) electrons. The van der Waals surface area contributed by atoms with Crippen molar-refractivity contribution < 1.29 is 68.4 Å². The molecule has 0 spiro atoms. The number of rotatable bonds is 20. The molecule has 4 heterocycles. The maximum atomic E-state index is 15.1. The van der Waals surface area contributed by atoms with Crippen molar-refractivity contribution >= 4 is 92.0 Å². The molecule has 0 bridgehead atoms. The second-order valence-corrected chi connectivity index (χ2v) is 25.6. The van der Waals surface area contributed by atoms with E-state index in [4.69, 9.17) is 11.6 Å². The number of phenolic OH excluding ortho intramolecular Hbond substituents is 1. The smallest absolute Gasteiger partial charge is 0.317 e. The Labute approximate surface area is 506 Å². The highest BCUT2D eigenvalue weighted by atomic mass is 35.5. The molecule has 10 N–H and O–H groups in total. The molecule has 464 valence electrons. The van der Waals surface area contributed by atoms with Crippen molar-refractivity contribution in [2.24, 2.45) is 23.7 Å². The first-order valence-corrected chi connectivity index (χ1v) is 31.5. The second-order valence-electron chi connectivity index (χ2n) is 22.6. The van der Waals surface area contributed by atoms with Gasteiger partial charge in [-0.05, 0) is 55.4 Å². The number of aromatic hydroxyl groups is 1. The molecule has 24 nitrogen and oxygen atoms in total. The van der Waals surface area contributed by atoms with Gasteiger partial charge in [0, 0.05) is 119 Å². The van der Waals surface area contributed by atoms with Gasteiger partial charge in [0.15, 0.2) is 17.3 Å². The zero-order chi connectivity index (χ0) is 61.7. The average molecular weight is 1240 g/mol. The number of carbonyl (C=O) groups excluding carboxylic acids is 8. The predicted molar refractivity (Wildman–Crippen MR) is 318 cm³/mol. The van der Waals surface area contributed by atoms with E-state index in [0.717, 1.165) is 10.5 Å². The number of phenols is 1. The molecule has 3 aliphatic heterocycles. The van der Waals surface area contributed by atoms with Crippen LogP contribution >= 0.6 is 33.2 Å². The number of ketones is 3. The summed E-state index contributed by atoms with van der Waals surface area (Å²) >= 11 is 6.25. The fourth-order valence-electron chi connectivity index (χ4n) is 10.7. The molecule has 3 aliphatic rings. The molecule has 5 amide bonds. The van der Waals surface area contributed by atoms with E-state index in [0.29, 0.717) is 50.5 Å². The topological polar surface area (TPSA) is 350 Å². The van der Waals surface area contributed by atoms with E-state index < -0.39 is 139 Å². The van der Waals surface area contributed by atoms with Crippen molar-refractivity contribution in [1.29, 1.82) is 0 Å². The van der Waals surface area contributed by atoms with Gasteiger partial charge >= 0.3 is 11.9 Å². The number of carboxylic acid groups (broad SMARTS) is 2. The SMILES string of the molecule is CC(C)C[C@@H]1CC(=O)[C@H](CC(=O)O)NC(=O)[C@H](Cc2ccc(O)c(Cl)c2)CC(=O)[C@@H]2C[C@@H](O)CN2C(=O)[C@@H](NC(=O)[C@@H](CC(=O)[C@H](Cc2ccccc2)NC(=O)CN2CCNCCN(CC(=O)O)CC2)Cc2cnc[nH]2)CSSC[C@@H](C)NC1=O. The number of carboxylic acids is 2. The molecule has 0 aliphatic carbocycles. The Bertz CT molecular complexity index is 2800. The van der Waals surface area contributed by atoms with Crippen LogP contribution in [0, 0.1) is 23.7 Å². The van der Waals surface area contributed by atoms with Gasteiger partial charge in [-0.25, -0.2) is 4.98 Å². The van der Waals surface area contributed by atoms with Gasteiger partial charge in [-0.1, -0.05) is 83.4 Å². The zero-order valence-corrected chi connectivity index (χ0v) is 50.4. The fraction of sp³-hybridized carbons (Fsp3) is 0.569. The van der Waals surface area contributed by atoms with Crippen LogP contribution in [0.1, 0.15) is 76.1 Å². The second kappa shape index (κ2) is 33.5. The van der Waals surface area contributed by atoms with Crippen LogP contribution in [0.3, 0.4) is 0 Å². The molecule has 0 unspecified atom stereocenters. The van der Waals surface area contributed by atoms with Gasteiger partial charge in [0.05, 0.1) is 61.0 Å². The van der Waals surface area contributed by atoms with Crippen molar-refractivity contribution in [3.05, 3.63) is 82.9 Å². The van der Waals surface area contributed by atoms with E-state index in [1.165, 1.54) is 52.3 Å². The van der Waals surface area contributed by atoms with Gasteiger partial charge in [0.25, 0.3) is 0 Å². The van der Waals surface area contributed by atoms with Crippen molar-refractivity contribution in [3.8, 4) is 5.75 Å². The van der Waals surface area contributed by atoms with Gasteiger partial charge in [-0.3, -0.25) is 57.7 Å². The largest absolute Gasteiger partial charge is 0.506 e. The first-order valence-electron chi connectivity index (χ1n) is 28.6. The van der Waals surface area contributed by atoms with Crippen molar-refractivity contribution in [2.75, 3.05) is 70.4 Å². The van der Waals surface area contributed by atoms with Crippen LogP contribution in [0.4, 0.5) is 0 Å². The highest BCUT2D eigenvalue weighted by molar-refractivity contribution is 8.76. The van der Waals surface area contributed by atoms with E-state index in [-0.39, 0.29) is 79.9 Å². The number of aliphatic hydroxyl groups is 1. The summed E-state index contributed by atoms with van der Waals surface area (Å²) < 4.78 is 0. The standard InChI is InChI=1S/C58H79ClN10O14S2/c1-34(2)17-38-22-50(73)45(26-53(76)77)65-56(81)39(18-37-9-10-48(71)43(59)19-37)24-51(74)47-25-42(70)28-69(47)58(83)46(32-85-84-31-35(3)63-55(38)80)66-57(82)40(21-41-27-61-33-62-41)23-49(72)44(20-36-7-5-4-6-8-36)64-52(75)29-67-13-11-60-12-14-68(16-15-67)30-54(78)79/h4-10,19,27,33-35,38-40,42,44-47,60,70-71H,11-18,20-26,28-32H2,1-3H3,(H,61,62)(H,63,80)(H,64,75)(H,65,81)(H,66,82)(H,76,77)(H,78,79)/t35-,38-,39-,40-,42-,44+,45+,46+,47+/m1/s1. The number of hydrogen-bond acceptors (Lipinski definition) is 18. The number of H-pyrrole nitrogens is 1. The Morgan fingerprint density at radius 2 is 1.51 bits per heavy atom. The minimum atomic E-state index is -1.61. The van der Waals surface area contributed by atoms with Gasteiger partial charge in [0.1, 0.15) is 11.8 Å². The summed E-state index contributed by atoms with van der Waals surface area (Å²) in [7, 11) is 2.45. The lowest BCUT2D eigenvalue weighted by Gasteiger charge is -2.30. The first-order chi connectivity index (χ1) is 40.5. The molecule has 3 fully saturated rings. The molecular formula is C58H79ClN10O14S2. The number of hydrogen-bond donors (Lipinski definition) is 10. The minimum Gasteiger partial charge on any atom is -0.506 e. The number of carbonyl (C=O) groups is 10. The maximum Gasteiger partial charge on any atom is 0.317 e. The molecule has 6 rings (SSSR count). The Balaban J connectivity index is 1.30. The number of nitrogens with one attached hydrogen (secondary N) is 6. The monoisotopic (exact) mass is 1240 g/mol. The molecule has 9 atom stereocenters. The lowest BCUT2D eigenvalue weighted by Crippen LogP contribution is -2.54. The highest BCUT2D eigenvalue weighted by Crippen LogP contribution is 2.30. The summed E-state index contributed by atoms with van der Waals surface area (Å²) in [6.07, 6.45) is -0.776. The van der Waals surface area contributed by atoms with Crippen LogP contribution in [-0.2, 0) is 67.2 Å². The Kier molecular flexibility index (Phi) is 26.7. The molecule has 85 heavy (non-hydrogen) atoms. The minimum absolute atomic E-state index is 0.0623. The Morgan fingerprint density at radius 3 is 2.16 bits per heavy atom. The number of aromatic amines is 1. The number of halogens is 1. The first kappa shape index (κ1) is 67.7. The third kappa shape index (κ3) is 22.1.